The molecule has 2 rings (SSSR count). The Balaban J connectivity index is 2.30. The van der Waals surface area contributed by atoms with Crippen LogP contribution in [0.4, 0.5) is 17.3 Å². The van der Waals surface area contributed by atoms with E-state index in [1.54, 1.807) is 20.1 Å². The van der Waals surface area contributed by atoms with Gasteiger partial charge < -0.3 is 15.8 Å². The quantitative estimate of drug-likeness (QED) is 0.912. The molecule has 0 unspecified atom stereocenters. The van der Waals surface area contributed by atoms with Crippen LogP contribution in [-0.2, 0) is 0 Å². The van der Waals surface area contributed by atoms with Gasteiger partial charge in [0.15, 0.2) is 0 Å². The summed E-state index contributed by atoms with van der Waals surface area (Å²) in [7, 11) is 1.62. The molecule has 6 heteroatoms. The zero-order chi connectivity index (χ0) is 13.1. The molecule has 0 bridgehead atoms. The van der Waals surface area contributed by atoms with Gasteiger partial charge in [-0.25, -0.2) is 9.97 Å². The summed E-state index contributed by atoms with van der Waals surface area (Å²) in [6, 6.07) is 7.36. The lowest BCUT2D eigenvalue weighted by molar-refractivity contribution is 0.415. The predicted octanol–water partition coefficient (Wildman–Crippen LogP) is 2.88. The summed E-state index contributed by atoms with van der Waals surface area (Å²) in [5.41, 5.74) is 6.53. The maximum absolute atomic E-state index is 5.67. The van der Waals surface area contributed by atoms with Gasteiger partial charge in [-0.1, -0.05) is 15.9 Å². The number of ether oxygens (including phenoxy) is 1. The number of nitrogen functional groups attached to an aromatic ring is 1. The average Bonchev–Trinajstić information content (AvgIpc) is 2.26. The SMILES string of the molecule is COc1cc(Br)cc(Nc2cc(N)nc(C)n2)c1. The van der Waals surface area contributed by atoms with Crippen LogP contribution in [0, 0.1) is 6.92 Å². The van der Waals surface area contributed by atoms with Gasteiger partial charge in [0.05, 0.1) is 7.11 Å². The molecule has 0 amide bonds. The summed E-state index contributed by atoms with van der Waals surface area (Å²) in [5.74, 6) is 2.47. The van der Waals surface area contributed by atoms with Crippen LogP contribution in [0.1, 0.15) is 5.82 Å². The second-order valence-electron chi connectivity index (χ2n) is 3.73. The molecular formula is C12H13BrN4O. The van der Waals surface area contributed by atoms with E-state index in [1.165, 1.54) is 0 Å². The van der Waals surface area contributed by atoms with E-state index >= 15 is 0 Å². The summed E-state index contributed by atoms with van der Waals surface area (Å²) >= 11 is 3.42. The normalized spacial score (nSPS) is 10.2. The van der Waals surface area contributed by atoms with E-state index in [2.05, 4.69) is 31.2 Å². The second-order valence-corrected chi connectivity index (χ2v) is 4.65. The van der Waals surface area contributed by atoms with Crippen molar-refractivity contribution in [3.8, 4) is 5.75 Å². The van der Waals surface area contributed by atoms with Crippen molar-refractivity contribution in [2.24, 2.45) is 0 Å². The van der Waals surface area contributed by atoms with Gasteiger partial charge >= 0.3 is 0 Å². The third-order valence-corrected chi connectivity index (χ3v) is 2.70. The number of halogens is 1. The van der Waals surface area contributed by atoms with E-state index < -0.39 is 0 Å². The molecule has 1 heterocycles. The number of benzene rings is 1. The molecule has 94 valence electrons. The van der Waals surface area contributed by atoms with Crippen molar-refractivity contribution in [2.75, 3.05) is 18.2 Å². The van der Waals surface area contributed by atoms with Crippen LogP contribution in [0.3, 0.4) is 0 Å². The zero-order valence-electron chi connectivity index (χ0n) is 10.1. The molecule has 0 saturated heterocycles. The number of aromatic nitrogens is 2. The Morgan fingerprint density at radius 3 is 2.67 bits per heavy atom. The Bertz CT molecular complexity index is 554. The minimum Gasteiger partial charge on any atom is -0.497 e. The Hall–Kier alpha value is -1.82. The number of nitrogens with one attached hydrogen (secondary N) is 1. The van der Waals surface area contributed by atoms with Crippen LogP contribution < -0.4 is 15.8 Å². The van der Waals surface area contributed by atoms with Crippen molar-refractivity contribution in [1.29, 1.82) is 0 Å². The van der Waals surface area contributed by atoms with Crippen LogP contribution in [0.2, 0.25) is 0 Å². The van der Waals surface area contributed by atoms with Gasteiger partial charge in [-0.3, -0.25) is 0 Å². The smallest absolute Gasteiger partial charge is 0.136 e. The first-order valence-electron chi connectivity index (χ1n) is 5.29. The number of aryl methyl sites for hydroxylation is 1. The molecule has 0 saturated carbocycles. The summed E-state index contributed by atoms with van der Waals surface area (Å²) < 4.78 is 6.11. The first kappa shape index (κ1) is 12.6. The first-order valence-corrected chi connectivity index (χ1v) is 6.09. The molecule has 0 aliphatic carbocycles. The third kappa shape index (κ3) is 3.10. The molecule has 0 atom stereocenters. The molecule has 1 aromatic carbocycles. The summed E-state index contributed by atoms with van der Waals surface area (Å²) in [6.45, 7) is 1.79. The van der Waals surface area contributed by atoms with Crippen molar-refractivity contribution in [3.63, 3.8) is 0 Å². The van der Waals surface area contributed by atoms with Crippen molar-refractivity contribution in [3.05, 3.63) is 34.6 Å². The monoisotopic (exact) mass is 308 g/mol. The first-order chi connectivity index (χ1) is 8.56. The number of nitrogens with two attached hydrogens (primary N) is 1. The Labute approximate surface area is 114 Å². The van der Waals surface area contributed by atoms with Crippen molar-refractivity contribution >= 4 is 33.3 Å². The Kier molecular flexibility index (Phi) is 3.66. The number of rotatable bonds is 3. The number of hydrogen-bond donors (Lipinski definition) is 2. The van der Waals surface area contributed by atoms with Crippen LogP contribution in [-0.4, -0.2) is 17.1 Å². The van der Waals surface area contributed by atoms with Gasteiger partial charge in [0, 0.05) is 22.3 Å². The second kappa shape index (κ2) is 5.22. The van der Waals surface area contributed by atoms with Crippen LogP contribution in [0.5, 0.6) is 5.75 Å². The molecule has 5 nitrogen and oxygen atoms in total. The molecule has 0 fully saturated rings. The minimum absolute atomic E-state index is 0.437. The molecular weight excluding hydrogens is 296 g/mol. The molecule has 2 aromatic rings. The average molecular weight is 309 g/mol. The van der Waals surface area contributed by atoms with Crippen molar-refractivity contribution < 1.29 is 4.74 Å². The standard InChI is InChI=1S/C12H13BrN4O/c1-7-15-11(14)6-12(16-7)17-9-3-8(13)4-10(5-9)18-2/h3-6H,1-2H3,(H3,14,15,16,17). The van der Waals surface area contributed by atoms with Gasteiger partial charge in [-0.15, -0.1) is 0 Å². The third-order valence-electron chi connectivity index (χ3n) is 2.24. The number of hydrogen-bond acceptors (Lipinski definition) is 5. The van der Waals surface area contributed by atoms with Crippen LogP contribution in [0.15, 0.2) is 28.7 Å². The topological polar surface area (TPSA) is 73.1 Å². The fraction of sp³-hybridized carbons (Fsp3) is 0.167. The summed E-state index contributed by atoms with van der Waals surface area (Å²) in [6.07, 6.45) is 0. The zero-order valence-corrected chi connectivity index (χ0v) is 11.7. The maximum atomic E-state index is 5.67. The maximum Gasteiger partial charge on any atom is 0.136 e. The van der Waals surface area contributed by atoms with Crippen LogP contribution >= 0.6 is 15.9 Å². The lowest BCUT2D eigenvalue weighted by Gasteiger charge is -2.09. The van der Waals surface area contributed by atoms with E-state index in [0.29, 0.717) is 17.5 Å². The van der Waals surface area contributed by atoms with Gasteiger partial charge in [-0.05, 0) is 19.1 Å². The van der Waals surface area contributed by atoms with E-state index in [9.17, 15) is 0 Å². The van der Waals surface area contributed by atoms with E-state index in [-0.39, 0.29) is 0 Å². The van der Waals surface area contributed by atoms with Crippen molar-refractivity contribution in [2.45, 2.75) is 6.92 Å². The lowest BCUT2D eigenvalue weighted by Crippen LogP contribution is -2.00. The largest absolute Gasteiger partial charge is 0.497 e. The fourth-order valence-electron chi connectivity index (χ4n) is 1.56. The highest BCUT2D eigenvalue weighted by Crippen LogP contribution is 2.26. The molecule has 0 radical (unpaired) electrons. The number of methoxy groups -OCH3 is 1. The minimum atomic E-state index is 0.437. The number of anilines is 3. The van der Waals surface area contributed by atoms with E-state index in [0.717, 1.165) is 15.9 Å². The van der Waals surface area contributed by atoms with E-state index in [4.69, 9.17) is 10.5 Å². The van der Waals surface area contributed by atoms with Gasteiger partial charge in [0.25, 0.3) is 0 Å². The molecule has 3 N–H and O–H groups in total. The summed E-state index contributed by atoms with van der Waals surface area (Å²) in [5, 5.41) is 3.16. The molecule has 0 aliphatic heterocycles. The van der Waals surface area contributed by atoms with Gasteiger partial charge in [0.2, 0.25) is 0 Å². The highest BCUT2D eigenvalue weighted by atomic mass is 79.9. The highest BCUT2D eigenvalue weighted by molar-refractivity contribution is 9.10. The lowest BCUT2D eigenvalue weighted by atomic mass is 10.3. The molecule has 1 aromatic heterocycles. The molecule has 0 spiro atoms. The molecule has 18 heavy (non-hydrogen) atoms. The number of nitrogens with zero attached hydrogens (tertiary/aromatic N) is 2. The Morgan fingerprint density at radius 2 is 2.00 bits per heavy atom. The van der Waals surface area contributed by atoms with Gasteiger partial charge in [-0.2, -0.15) is 0 Å². The molecule has 0 aliphatic rings. The van der Waals surface area contributed by atoms with Crippen molar-refractivity contribution in [1.82, 2.24) is 9.97 Å². The summed E-state index contributed by atoms with van der Waals surface area (Å²) in [4.78, 5) is 8.28. The fourth-order valence-corrected chi connectivity index (χ4v) is 2.03. The van der Waals surface area contributed by atoms with E-state index in [1.807, 2.05) is 18.2 Å². The van der Waals surface area contributed by atoms with Gasteiger partial charge in [0.1, 0.15) is 23.2 Å². The highest BCUT2D eigenvalue weighted by Gasteiger charge is 2.03. The predicted molar refractivity (Wildman–Crippen MR) is 75.2 cm³/mol. The van der Waals surface area contributed by atoms with Crippen LogP contribution in [0.25, 0.3) is 0 Å². The Morgan fingerprint density at radius 1 is 1.22 bits per heavy atom.